The van der Waals surface area contributed by atoms with Crippen molar-refractivity contribution in [1.29, 1.82) is 0 Å². The fourth-order valence-corrected chi connectivity index (χ4v) is 2.37. The van der Waals surface area contributed by atoms with E-state index in [1.165, 1.54) is 6.07 Å². The normalized spacial score (nSPS) is 12.5. The molecule has 0 fully saturated rings. The second-order valence-corrected chi connectivity index (χ2v) is 5.28. The third-order valence-corrected chi connectivity index (χ3v) is 3.67. The summed E-state index contributed by atoms with van der Waals surface area (Å²) in [5.41, 5.74) is -0.149. The molecule has 0 amide bonds. The smallest absolute Gasteiger partial charge is 0.194 e. The third-order valence-electron chi connectivity index (χ3n) is 2.81. The lowest BCUT2D eigenvalue weighted by molar-refractivity contribution is 0.445. The summed E-state index contributed by atoms with van der Waals surface area (Å²) in [4.78, 5) is -0.751. The molecule has 0 aliphatic heterocycles. The fraction of sp³-hybridized carbons (Fsp3) is 0.143. The molecule has 0 radical (unpaired) electrons. The van der Waals surface area contributed by atoms with E-state index in [1.54, 1.807) is 0 Å². The summed E-state index contributed by atoms with van der Waals surface area (Å²) in [6.45, 7) is 0. The standard InChI is InChI=1S/C14H8BrF5/c15-9(6-8-10(16)2-1-3-11(8)17)7-4-12(18)14(20)13(19)5-7/h1-5,9H,6H2. The summed E-state index contributed by atoms with van der Waals surface area (Å²) < 4.78 is 66.0. The molecule has 0 bridgehead atoms. The predicted octanol–water partition coefficient (Wildman–Crippen LogP) is 5.06. The minimum Gasteiger partial charge on any atom is -0.207 e. The molecule has 2 aromatic carbocycles. The Kier molecular flexibility index (Phi) is 4.42. The molecule has 0 nitrogen and oxygen atoms in total. The molecule has 0 N–H and O–H groups in total. The number of benzene rings is 2. The maximum atomic E-state index is 13.5. The van der Waals surface area contributed by atoms with Gasteiger partial charge in [0.05, 0.1) is 0 Å². The first kappa shape index (κ1) is 15.0. The van der Waals surface area contributed by atoms with Gasteiger partial charge >= 0.3 is 0 Å². The number of halogens is 6. The molecule has 2 rings (SSSR count). The van der Waals surface area contributed by atoms with E-state index in [1.807, 2.05) is 0 Å². The monoisotopic (exact) mass is 350 g/mol. The number of rotatable bonds is 3. The highest BCUT2D eigenvalue weighted by molar-refractivity contribution is 9.09. The first-order valence-electron chi connectivity index (χ1n) is 5.61. The SMILES string of the molecule is Fc1cc(C(Br)Cc2c(F)cccc2F)cc(F)c1F. The van der Waals surface area contributed by atoms with Crippen LogP contribution < -0.4 is 0 Å². The molecule has 0 saturated heterocycles. The Morgan fingerprint density at radius 1 is 0.850 bits per heavy atom. The minimum absolute atomic E-state index is 0.0593. The van der Waals surface area contributed by atoms with Gasteiger partial charge in [-0.25, -0.2) is 22.0 Å². The van der Waals surface area contributed by atoms with Crippen LogP contribution in [0, 0.1) is 29.1 Å². The molecule has 0 saturated carbocycles. The van der Waals surface area contributed by atoms with Crippen molar-refractivity contribution >= 4 is 15.9 Å². The molecule has 0 aliphatic carbocycles. The van der Waals surface area contributed by atoms with Gasteiger partial charge in [-0.2, -0.15) is 0 Å². The first-order valence-corrected chi connectivity index (χ1v) is 6.53. The third kappa shape index (κ3) is 3.00. The van der Waals surface area contributed by atoms with Crippen molar-refractivity contribution in [1.82, 2.24) is 0 Å². The highest BCUT2D eigenvalue weighted by atomic mass is 79.9. The molecular weight excluding hydrogens is 343 g/mol. The first-order chi connectivity index (χ1) is 9.40. The molecule has 0 aliphatic rings. The summed E-state index contributed by atoms with van der Waals surface area (Å²) in [5, 5.41) is 0. The lowest BCUT2D eigenvalue weighted by atomic mass is 10.0. The van der Waals surface area contributed by atoms with Gasteiger partial charge in [0, 0.05) is 10.4 Å². The molecule has 20 heavy (non-hydrogen) atoms. The Hall–Kier alpha value is -1.43. The lowest BCUT2D eigenvalue weighted by Gasteiger charge is -2.12. The maximum Gasteiger partial charge on any atom is 0.194 e. The fourth-order valence-electron chi connectivity index (χ4n) is 1.78. The van der Waals surface area contributed by atoms with Crippen molar-refractivity contribution in [2.75, 3.05) is 0 Å². The van der Waals surface area contributed by atoms with Crippen LogP contribution in [0.3, 0.4) is 0 Å². The predicted molar refractivity (Wildman–Crippen MR) is 68.0 cm³/mol. The zero-order valence-corrected chi connectivity index (χ0v) is 11.5. The Balaban J connectivity index is 2.31. The van der Waals surface area contributed by atoms with E-state index < -0.39 is 33.9 Å². The van der Waals surface area contributed by atoms with E-state index in [4.69, 9.17) is 0 Å². The van der Waals surface area contributed by atoms with Crippen LogP contribution in [0.4, 0.5) is 22.0 Å². The highest BCUT2D eigenvalue weighted by Crippen LogP contribution is 2.30. The van der Waals surface area contributed by atoms with Crippen LogP contribution in [0.1, 0.15) is 16.0 Å². The van der Waals surface area contributed by atoms with Crippen molar-refractivity contribution in [2.45, 2.75) is 11.2 Å². The second kappa shape index (κ2) is 5.91. The second-order valence-electron chi connectivity index (χ2n) is 4.17. The molecule has 0 heterocycles. The summed E-state index contributed by atoms with van der Waals surface area (Å²) in [6.07, 6.45) is -0.164. The highest BCUT2D eigenvalue weighted by Gasteiger charge is 2.18. The molecule has 106 valence electrons. The van der Waals surface area contributed by atoms with Crippen LogP contribution in [-0.4, -0.2) is 0 Å². The quantitative estimate of drug-likeness (QED) is 0.412. The van der Waals surface area contributed by atoms with Gasteiger partial charge in [0.2, 0.25) is 0 Å². The molecule has 0 aromatic heterocycles. The van der Waals surface area contributed by atoms with Crippen molar-refractivity contribution in [2.24, 2.45) is 0 Å². The summed E-state index contributed by atoms with van der Waals surface area (Å²) in [6, 6.07) is 4.97. The van der Waals surface area contributed by atoms with Crippen LogP contribution in [0.5, 0.6) is 0 Å². The maximum absolute atomic E-state index is 13.5. The average molecular weight is 351 g/mol. The van der Waals surface area contributed by atoms with Crippen LogP contribution in [-0.2, 0) is 6.42 Å². The zero-order chi connectivity index (χ0) is 14.9. The molecular formula is C14H8BrF5. The summed E-state index contributed by atoms with van der Waals surface area (Å²) in [7, 11) is 0. The number of hydrogen-bond acceptors (Lipinski definition) is 0. The van der Waals surface area contributed by atoms with Crippen molar-refractivity contribution in [3.05, 3.63) is 70.5 Å². The van der Waals surface area contributed by atoms with Gasteiger partial charge in [-0.1, -0.05) is 22.0 Å². The molecule has 0 spiro atoms. The van der Waals surface area contributed by atoms with Gasteiger partial charge < -0.3 is 0 Å². The van der Waals surface area contributed by atoms with E-state index in [9.17, 15) is 22.0 Å². The van der Waals surface area contributed by atoms with Gasteiger partial charge in [-0.15, -0.1) is 0 Å². The summed E-state index contributed by atoms with van der Waals surface area (Å²) >= 11 is 3.09. The van der Waals surface area contributed by atoms with Crippen LogP contribution in [0.2, 0.25) is 0 Å². The largest absolute Gasteiger partial charge is 0.207 e. The Morgan fingerprint density at radius 2 is 1.35 bits per heavy atom. The molecule has 1 unspecified atom stereocenters. The topological polar surface area (TPSA) is 0 Å². The van der Waals surface area contributed by atoms with Gasteiger partial charge in [0.15, 0.2) is 17.5 Å². The van der Waals surface area contributed by atoms with E-state index in [0.29, 0.717) is 0 Å². The van der Waals surface area contributed by atoms with Crippen LogP contribution in [0.25, 0.3) is 0 Å². The van der Waals surface area contributed by atoms with Crippen molar-refractivity contribution in [3.8, 4) is 0 Å². The van der Waals surface area contributed by atoms with E-state index in [0.717, 1.165) is 24.3 Å². The summed E-state index contributed by atoms with van der Waals surface area (Å²) in [5.74, 6) is -5.78. The van der Waals surface area contributed by atoms with Gasteiger partial charge in [0.1, 0.15) is 11.6 Å². The van der Waals surface area contributed by atoms with Gasteiger partial charge in [-0.05, 0) is 36.2 Å². The minimum atomic E-state index is -1.58. The van der Waals surface area contributed by atoms with E-state index in [-0.39, 0.29) is 17.5 Å². The zero-order valence-electron chi connectivity index (χ0n) is 9.94. The average Bonchev–Trinajstić information content (AvgIpc) is 2.39. The van der Waals surface area contributed by atoms with Crippen molar-refractivity contribution < 1.29 is 22.0 Å². The Morgan fingerprint density at radius 3 is 1.85 bits per heavy atom. The van der Waals surface area contributed by atoms with Crippen molar-refractivity contribution in [3.63, 3.8) is 0 Å². The number of alkyl halides is 1. The molecule has 6 heteroatoms. The van der Waals surface area contributed by atoms with Gasteiger partial charge in [0.25, 0.3) is 0 Å². The number of hydrogen-bond donors (Lipinski definition) is 0. The molecule has 1 atom stereocenters. The van der Waals surface area contributed by atoms with E-state index in [2.05, 4.69) is 15.9 Å². The van der Waals surface area contributed by atoms with Crippen LogP contribution in [0.15, 0.2) is 30.3 Å². The Labute approximate surface area is 120 Å². The lowest BCUT2D eigenvalue weighted by Crippen LogP contribution is -2.03. The van der Waals surface area contributed by atoms with Crippen LogP contribution >= 0.6 is 15.9 Å². The van der Waals surface area contributed by atoms with E-state index >= 15 is 0 Å². The van der Waals surface area contributed by atoms with Gasteiger partial charge in [-0.3, -0.25) is 0 Å². The Bertz CT molecular complexity index is 598. The molecule has 2 aromatic rings.